The quantitative estimate of drug-likeness (QED) is 0.810. The van der Waals surface area contributed by atoms with Crippen molar-refractivity contribution >= 4 is 29.2 Å². The number of piperidine rings is 1. The van der Waals surface area contributed by atoms with E-state index in [0.29, 0.717) is 48.4 Å². The van der Waals surface area contributed by atoms with Crippen molar-refractivity contribution in [1.29, 1.82) is 0 Å². The van der Waals surface area contributed by atoms with E-state index in [0.717, 1.165) is 12.8 Å². The topological polar surface area (TPSA) is 70.7 Å². The molecule has 1 aliphatic heterocycles. The van der Waals surface area contributed by atoms with Gasteiger partial charge in [0.05, 0.1) is 12.1 Å². The Bertz CT molecular complexity index is 668. The average molecular weight is 394 g/mol. The Kier molecular flexibility index (Phi) is 6.83. The van der Waals surface area contributed by atoms with Crippen LogP contribution in [-0.4, -0.2) is 43.1 Å². The van der Waals surface area contributed by atoms with Crippen LogP contribution in [0.5, 0.6) is 5.75 Å². The number of hydrogen-bond acceptors (Lipinski definition) is 3. The third-order valence-electron chi connectivity index (χ3n) is 5.51. The van der Waals surface area contributed by atoms with Crippen molar-refractivity contribution in [2.75, 3.05) is 25.5 Å². The molecule has 6 nitrogen and oxygen atoms in total. The zero-order valence-corrected chi connectivity index (χ0v) is 16.6. The highest BCUT2D eigenvalue weighted by atomic mass is 35.5. The van der Waals surface area contributed by atoms with Crippen molar-refractivity contribution in [2.24, 2.45) is 5.92 Å². The summed E-state index contributed by atoms with van der Waals surface area (Å²) in [6, 6.07) is 5.52. The maximum absolute atomic E-state index is 12.5. The molecule has 148 valence electrons. The van der Waals surface area contributed by atoms with Gasteiger partial charge in [-0.05, 0) is 43.9 Å². The molecule has 1 aromatic rings. The molecule has 7 heteroatoms. The molecular formula is C20H28ClN3O3. The highest BCUT2D eigenvalue weighted by molar-refractivity contribution is 6.32. The Morgan fingerprint density at radius 3 is 2.44 bits per heavy atom. The van der Waals surface area contributed by atoms with Crippen molar-refractivity contribution in [3.05, 3.63) is 23.2 Å². The molecule has 2 fully saturated rings. The van der Waals surface area contributed by atoms with E-state index in [2.05, 4.69) is 10.6 Å². The lowest BCUT2D eigenvalue weighted by atomic mass is 9.95. The second-order valence-electron chi connectivity index (χ2n) is 7.38. The second-order valence-corrected chi connectivity index (χ2v) is 7.79. The summed E-state index contributed by atoms with van der Waals surface area (Å²) in [5.74, 6) is 0.458. The number of likely N-dealkylation sites (tertiary alicyclic amines) is 1. The number of carbonyl (C=O) groups excluding carboxylic acids is 2. The Morgan fingerprint density at radius 2 is 1.81 bits per heavy atom. The smallest absolute Gasteiger partial charge is 0.317 e. The highest BCUT2D eigenvalue weighted by Gasteiger charge is 2.28. The third kappa shape index (κ3) is 5.28. The fourth-order valence-corrected chi connectivity index (χ4v) is 4.10. The van der Waals surface area contributed by atoms with E-state index in [-0.39, 0.29) is 17.9 Å². The number of nitrogens with zero attached hydrogens (tertiary/aromatic N) is 1. The Hall–Kier alpha value is -1.95. The number of anilines is 1. The van der Waals surface area contributed by atoms with Gasteiger partial charge in [-0.3, -0.25) is 4.79 Å². The summed E-state index contributed by atoms with van der Waals surface area (Å²) < 4.78 is 5.12. The summed E-state index contributed by atoms with van der Waals surface area (Å²) in [4.78, 5) is 26.8. The SMILES string of the molecule is COc1ccc(NC(=O)C2CCN(C(=O)NC3CCCCC3)CC2)cc1Cl. The van der Waals surface area contributed by atoms with E-state index >= 15 is 0 Å². The molecule has 1 saturated heterocycles. The lowest BCUT2D eigenvalue weighted by Gasteiger charge is -2.33. The van der Waals surface area contributed by atoms with Crippen LogP contribution in [0.25, 0.3) is 0 Å². The summed E-state index contributed by atoms with van der Waals surface area (Å²) in [6.07, 6.45) is 7.17. The summed E-state index contributed by atoms with van der Waals surface area (Å²) in [7, 11) is 1.55. The molecule has 3 rings (SSSR count). The van der Waals surface area contributed by atoms with Gasteiger partial charge in [-0.2, -0.15) is 0 Å². The first-order chi connectivity index (χ1) is 13.1. The van der Waals surface area contributed by atoms with Crippen LogP contribution in [0.4, 0.5) is 10.5 Å². The van der Waals surface area contributed by atoms with Gasteiger partial charge in [0, 0.05) is 30.7 Å². The number of halogens is 1. The number of benzene rings is 1. The predicted octanol–water partition coefficient (Wildman–Crippen LogP) is 4.04. The molecule has 0 bridgehead atoms. The van der Waals surface area contributed by atoms with Gasteiger partial charge in [-0.1, -0.05) is 30.9 Å². The molecule has 27 heavy (non-hydrogen) atoms. The fourth-order valence-electron chi connectivity index (χ4n) is 3.85. The van der Waals surface area contributed by atoms with Gasteiger partial charge < -0.3 is 20.3 Å². The molecule has 0 radical (unpaired) electrons. The Morgan fingerprint density at radius 1 is 1.11 bits per heavy atom. The standard InChI is InChI=1S/C20H28ClN3O3/c1-27-18-8-7-16(13-17(18)21)22-19(25)14-9-11-24(12-10-14)20(26)23-15-5-3-2-4-6-15/h7-8,13-15H,2-6,9-12H2,1H3,(H,22,25)(H,23,26). The van der Waals surface area contributed by atoms with E-state index in [1.807, 2.05) is 4.90 Å². The largest absolute Gasteiger partial charge is 0.495 e. The molecule has 1 aliphatic carbocycles. The number of carbonyl (C=O) groups is 2. The van der Waals surface area contributed by atoms with Crippen LogP contribution in [0.2, 0.25) is 5.02 Å². The fraction of sp³-hybridized carbons (Fsp3) is 0.600. The Balaban J connectivity index is 1.46. The number of methoxy groups -OCH3 is 1. The number of rotatable bonds is 4. The number of ether oxygens (including phenoxy) is 1. The van der Waals surface area contributed by atoms with Crippen LogP contribution in [0.1, 0.15) is 44.9 Å². The van der Waals surface area contributed by atoms with Gasteiger partial charge in [0.2, 0.25) is 5.91 Å². The maximum Gasteiger partial charge on any atom is 0.317 e. The number of hydrogen-bond donors (Lipinski definition) is 2. The molecule has 2 aliphatic rings. The zero-order chi connectivity index (χ0) is 19.2. The summed E-state index contributed by atoms with van der Waals surface area (Å²) in [6.45, 7) is 1.22. The number of amides is 3. The second kappa shape index (κ2) is 9.31. The van der Waals surface area contributed by atoms with E-state index in [1.54, 1.807) is 25.3 Å². The minimum atomic E-state index is -0.0930. The van der Waals surface area contributed by atoms with Gasteiger partial charge in [-0.25, -0.2) is 4.79 Å². The van der Waals surface area contributed by atoms with Crippen LogP contribution in [-0.2, 0) is 4.79 Å². The third-order valence-corrected chi connectivity index (χ3v) is 5.80. The summed E-state index contributed by atoms with van der Waals surface area (Å²) in [5.41, 5.74) is 0.656. The van der Waals surface area contributed by atoms with E-state index < -0.39 is 0 Å². The average Bonchev–Trinajstić information content (AvgIpc) is 2.69. The van der Waals surface area contributed by atoms with Crippen molar-refractivity contribution in [1.82, 2.24) is 10.2 Å². The van der Waals surface area contributed by atoms with Crippen molar-refractivity contribution < 1.29 is 14.3 Å². The minimum absolute atomic E-state index is 0.0164. The molecule has 0 atom stereocenters. The lowest BCUT2D eigenvalue weighted by Crippen LogP contribution is -2.49. The van der Waals surface area contributed by atoms with Crippen LogP contribution in [0.3, 0.4) is 0 Å². The van der Waals surface area contributed by atoms with E-state index in [1.165, 1.54) is 19.3 Å². The molecule has 2 N–H and O–H groups in total. The van der Waals surface area contributed by atoms with E-state index in [4.69, 9.17) is 16.3 Å². The predicted molar refractivity (Wildman–Crippen MR) is 106 cm³/mol. The first-order valence-corrected chi connectivity index (χ1v) is 10.1. The summed E-state index contributed by atoms with van der Waals surface area (Å²) >= 11 is 6.11. The maximum atomic E-state index is 12.5. The lowest BCUT2D eigenvalue weighted by molar-refractivity contribution is -0.121. The normalized spacial score (nSPS) is 18.8. The first kappa shape index (κ1) is 19.8. The summed E-state index contributed by atoms with van der Waals surface area (Å²) in [5, 5.41) is 6.53. The molecule has 0 spiro atoms. The number of urea groups is 1. The van der Waals surface area contributed by atoms with Gasteiger partial charge in [-0.15, -0.1) is 0 Å². The molecule has 1 heterocycles. The molecule has 1 aromatic carbocycles. The molecule has 1 saturated carbocycles. The van der Waals surface area contributed by atoms with Gasteiger partial charge in [0.15, 0.2) is 0 Å². The number of nitrogens with one attached hydrogen (secondary N) is 2. The van der Waals surface area contributed by atoms with Gasteiger partial charge in [0.1, 0.15) is 5.75 Å². The first-order valence-electron chi connectivity index (χ1n) is 9.76. The van der Waals surface area contributed by atoms with Crippen LogP contribution >= 0.6 is 11.6 Å². The van der Waals surface area contributed by atoms with E-state index in [9.17, 15) is 9.59 Å². The molecule has 0 unspecified atom stereocenters. The van der Waals surface area contributed by atoms with Crippen molar-refractivity contribution in [3.63, 3.8) is 0 Å². The highest BCUT2D eigenvalue weighted by Crippen LogP contribution is 2.28. The molecular weight excluding hydrogens is 366 g/mol. The van der Waals surface area contributed by atoms with Crippen molar-refractivity contribution in [2.45, 2.75) is 51.0 Å². The zero-order valence-electron chi connectivity index (χ0n) is 15.8. The van der Waals surface area contributed by atoms with Crippen LogP contribution in [0.15, 0.2) is 18.2 Å². The monoisotopic (exact) mass is 393 g/mol. The van der Waals surface area contributed by atoms with Gasteiger partial charge >= 0.3 is 6.03 Å². The van der Waals surface area contributed by atoms with Crippen LogP contribution < -0.4 is 15.4 Å². The Labute approximate surface area is 165 Å². The molecule has 3 amide bonds. The minimum Gasteiger partial charge on any atom is -0.495 e. The molecule has 0 aromatic heterocycles. The van der Waals surface area contributed by atoms with Crippen molar-refractivity contribution in [3.8, 4) is 5.75 Å². The van der Waals surface area contributed by atoms with Crippen LogP contribution in [0, 0.1) is 5.92 Å². The van der Waals surface area contributed by atoms with Gasteiger partial charge in [0.25, 0.3) is 0 Å².